The maximum atomic E-state index is 11.2. The van der Waals surface area contributed by atoms with Crippen LogP contribution in [-0.4, -0.2) is 11.3 Å². The molecule has 2 aromatic carbocycles. The zero-order valence-corrected chi connectivity index (χ0v) is 10.8. The highest BCUT2D eigenvalue weighted by atomic mass is 35.5. The highest BCUT2D eigenvalue weighted by Crippen LogP contribution is 2.31. The molecule has 1 heterocycles. The second kappa shape index (κ2) is 4.82. The first-order chi connectivity index (χ1) is 9.29. The van der Waals surface area contributed by atoms with E-state index in [9.17, 15) is 4.79 Å². The lowest BCUT2D eigenvalue weighted by Crippen LogP contribution is -1.89. The number of hydrogen-bond acceptors (Lipinski definition) is 2. The number of nitrogens with zero attached hydrogens (tertiary/aromatic N) is 1. The van der Waals surface area contributed by atoms with Gasteiger partial charge >= 0.3 is 0 Å². The van der Waals surface area contributed by atoms with Gasteiger partial charge in [0, 0.05) is 28.4 Å². The summed E-state index contributed by atoms with van der Waals surface area (Å²) in [6, 6.07) is 13.2. The molecule has 3 rings (SSSR count). The largest absolute Gasteiger partial charge is 0.298 e. The molecule has 0 aliphatic carbocycles. The van der Waals surface area contributed by atoms with Gasteiger partial charge in [0.05, 0.1) is 0 Å². The van der Waals surface area contributed by atoms with Crippen molar-refractivity contribution in [3.05, 3.63) is 65.4 Å². The van der Waals surface area contributed by atoms with Crippen LogP contribution >= 0.6 is 11.6 Å². The van der Waals surface area contributed by atoms with Crippen molar-refractivity contribution in [1.29, 1.82) is 0 Å². The highest BCUT2D eigenvalue weighted by molar-refractivity contribution is 6.31. The van der Waals surface area contributed by atoms with Gasteiger partial charge < -0.3 is 0 Å². The maximum Gasteiger partial charge on any atom is 0.150 e. The van der Waals surface area contributed by atoms with E-state index in [0.29, 0.717) is 10.6 Å². The minimum atomic E-state index is 0.617. The Labute approximate surface area is 115 Å². The van der Waals surface area contributed by atoms with Crippen LogP contribution < -0.4 is 0 Å². The SMILES string of the molecule is O=Cc1ccc(Cl)cc1-c1cccc2cnccc12. The highest BCUT2D eigenvalue weighted by Gasteiger charge is 2.08. The van der Waals surface area contributed by atoms with Crippen molar-refractivity contribution in [2.24, 2.45) is 0 Å². The summed E-state index contributed by atoms with van der Waals surface area (Å²) in [6.45, 7) is 0. The standard InChI is InChI=1S/C16H10ClNO/c17-13-5-4-12(10-19)16(8-13)15-3-1-2-11-9-18-7-6-14(11)15/h1-10H. The second-order valence-corrected chi connectivity index (χ2v) is 4.69. The number of aromatic nitrogens is 1. The first kappa shape index (κ1) is 11.9. The van der Waals surface area contributed by atoms with Crippen LogP contribution in [0.3, 0.4) is 0 Å². The molecule has 0 unspecified atom stereocenters. The van der Waals surface area contributed by atoms with Crippen molar-refractivity contribution in [3.8, 4) is 11.1 Å². The molecule has 0 spiro atoms. The molecule has 0 saturated carbocycles. The minimum Gasteiger partial charge on any atom is -0.298 e. The van der Waals surface area contributed by atoms with Crippen LogP contribution in [0.25, 0.3) is 21.9 Å². The Hall–Kier alpha value is -2.19. The van der Waals surface area contributed by atoms with Crippen molar-refractivity contribution < 1.29 is 4.79 Å². The van der Waals surface area contributed by atoms with E-state index >= 15 is 0 Å². The predicted molar refractivity (Wildman–Crippen MR) is 77.6 cm³/mol. The zero-order chi connectivity index (χ0) is 13.2. The molecule has 3 aromatic rings. The summed E-state index contributed by atoms with van der Waals surface area (Å²) >= 11 is 6.05. The lowest BCUT2D eigenvalue weighted by Gasteiger charge is -2.09. The van der Waals surface area contributed by atoms with Gasteiger partial charge in [0.2, 0.25) is 0 Å². The molecule has 0 aliphatic rings. The maximum absolute atomic E-state index is 11.2. The second-order valence-electron chi connectivity index (χ2n) is 4.25. The third-order valence-electron chi connectivity index (χ3n) is 3.11. The summed E-state index contributed by atoms with van der Waals surface area (Å²) in [7, 11) is 0. The van der Waals surface area contributed by atoms with Gasteiger partial charge in [0.15, 0.2) is 6.29 Å². The van der Waals surface area contributed by atoms with Crippen LogP contribution in [0.2, 0.25) is 5.02 Å². The summed E-state index contributed by atoms with van der Waals surface area (Å²) < 4.78 is 0. The molecule has 3 heteroatoms. The third-order valence-corrected chi connectivity index (χ3v) is 3.35. The molecular formula is C16H10ClNO. The van der Waals surface area contributed by atoms with Gasteiger partial charge in [-0.2, -0.15) is 0 Å². The monoisotopic (exact) mass is 267 g/mol. The number of benzene rings is 2. The average molecular weight is 268 g/mol. The van der Waals surface area contributed by atoms with Crippen molar-refractivity contribution in [2.45, 2.75) is 0 Å². The molecular weight excluding hydrogens is 258 g/mol. The first-order valence-corrected chi connectivity index (χ1v) is 6.25. The molecule has 0 atom stereocenters. The average Bonchev–Trinajstić information content (AvgIpc) is 2.46. The number of hydrogen-bond donors (Lipinski definition) is 0. The summed E-state index contributed by atoms with van der Waals surface area (Å²) in [4.78, 5) is 15.3. The van der Waals surface area contributed by atoms with Gasteiger partial charge in [-0.15, -0.1) is 0 Å². The summed E-state index contributed by atoms with van der Waals surface area (Å²) in [6.07, 6.45) is 4.41. The topological polar surface area (TPSA) is 30.0 Å². The van der Waals surface area contributed by atoms with Crippen LogP contribution in [0.1, 0.15) is 10.4 Å². The number of pyridine rings is 1. The number of fused-ring (bicyclic) bond motifs is 1. The number of carbonyl (C=O) groups excluding carboxylic acids is 1. The van der Waals surface area contributed by atoms with E-state index in [1.165, 1.54) is 0 Å². The molecule has 19 heavy (non-hydrogen) atoms. The van der Waals surface area contributed by atoms with E-state index in [1.807, 2.05) is 36.5 Å². The van der Waals surface area contributed by atoms with Gasteiger partial charge in [-0.3, -0.25) is 9.78 Å². The van der Waals surface area contributed by atoms with Gasteiger partial charge in [-0.05, 0) is 40.8 Å². The summed E-state index contributed by atoms with van der Waals surface area (Å²) in [5, 5.41) is 2.71. The zero-order valence-electron chi connectivity index (χ0n) is 10.0. The molecule has 0 amide bonds. The van der Waals surface area contributed by atoms with Crippen LogP contribution in [0.4, 0.5) is 0 Å². The van der Waals surface area contributed by atoms with Crippen LogP contribution in [-0.2, 0) is 0 Å². The molecule has 0 bridgehead atoms. The van der Waals surface area contributed by atoms with Crippen molar-refractivity contribution in [2.75, 3.05) is 0 Å². The van der Waals surface area contributed by atoms with Crippen LogP contribution in [0, 0.1) is 0 Å². The van der Waals surface area contributed by atoms with Crippen molar-refractivity contribution >= 4 is 28.7 Å². The number of halogens is 1. The Bertz CT molecular complexity index is 762. The van der Waals surface area contributed by atoms with Gasteiger partial charge in [0.1, 0.15) is 0 Å². The van der Waals surface area contributed by atoms with Crippen molar-refractivity contribution in [1.82, 2.24) is 4.98 Å². The normalized spacial score (nSPS) is 10.6. The fourth-order valence-corrected chi connectivity index (χ4v) is 2.39. The minimum absolute atomic E-state index is 0.617. The van der Waals surface area contributed by atoms with E-state index in [1.54, 1.807) is 18.3 Å². The molecule has 0 N–H and O–H groups in total. The third kappa shape index (κ3) is 2.11. The first-order valence-electron chi connectivity index (χ1n) is 5.87. The quantitative estimate of drug-likeness (QED) is 0.646. The van der Waals surface area contributed by atoms with E-state index in [4.69, 9.17) is 11.6 Å². The lowest BCUT2D eigenvalue weighted by molar-refractivity contribution is 0.112. The molecule has 0 fully saturated rings. The molecule has 1 aromatic heterocycles. The molecule has 2 nitrogen and oxygen atoms in total. The van der Waals surface area contributed by atoms with Gasteiger partial charge in [-0.25, -0.2) is 0 Å². The van der Waals surface area contributed by atoms with Crippen molar-refractivity contribution in [3.63, 3.8) is 0 Å². The van der Waals surface area contributed by atoms with E-state index in [2.05, 4.69) is 4.98 Å². The fraction of sp³-hybridized carbons (Fsp3) is 0. The smallest absolute Gasteiger partial charge is 0.150 e. The van der Waals surface area contributed by atoms with Gasteiger partial charge in [-0.1, -0.05) is 29.8 Å². The Kier molecular flexibility index (Phi) is 3.02. The van der Waals surface area contributed by atoms with Crippen LogP contribution in [0.5, 0.6) is 0 Å². The fourth-order valence-electron chi connectivity index (χ4n) is 2.22. The molecule has 0 aliphatic heterocycles. The Balaban J connectivity index is 2.36. The Morgan fingerprint density at radius 1 is 1.05 bits per heavy atom. The Morgan fingerprint density at radius 3 is 2.79 bits per heavy atom. The van der Waals surface area contributed by atoms with E-state index in [0.717, 1.165) is 28.2 Å². The molecule has 0 saturated heterocycles. The predicted octanol–water partition coefficient (Wildman–Crippen LogP) is 4.37. The lowest BCUT2D eigenvalue weighted by atomic mass is 9.96. The van der Waals surface area contributed by atoms with Crippen LogP contribution in [0.15, 0.2) is 54.9 Å². The number of rotatable bonds is 2. The van der Waals surface area contributed by atoms with E-state index in [-0.39, 0.29) is 0 Å². The number of aldehydes is 1. The Morgan fingerprint density at radius 2 is 1.95 bits per heavy atom. The summed E-state index contributed by atoms with van der Waals surface area (Å²) in [5.74, 6) is 0. The molecule has 92 valence electrons. The van der Waals surface area contributed by atoms with E-state index < -0.39 is 0 Å². The van der Waals surface area contributed by atoms with Gasteiger partial charge in [0.25, 0.3) is 0 Å². The number of carbonyl (C=O) groups is 1. The summed E-state index contributed by atoms with van der Waals surface area (Å²) in [5.41, 5.74) is 2.47. The molecule has 0 radical (unpaired) electrons.